The molecule has 1 aromatic rings. The third kappa shape index (κ3) is 2.83. The number of nitrogens with zero attached hydrogens (tertiary/aromatic N) is 2. The number of rotatable bonds is 4. The topological polar surface area (TPSA) is 67.2 Å². The fourth-order valence-electron chi connectivity index (χ4n) is 1.36. The second-order valence-electron chi connectivity index (χ2n) is 3.33. The average Bonchev–Trinajstić information content (AvgIpc) is 2.37. The summed E-state index contributed by atoms with van der Waals surface area (Å²) in [6.07, 6.45) is 2.50. The van der Waals surface area contributed by atoms with Crippen molar-refractivity contribution in [3.8, 4) is 0 Å². The number of nitrogens with one attached hydrogen (secondary N) is 1. The van der Waals surface area contributed by atoms with Gasteiger partial charge in [-0.1, -0.05) is 0 Å². The second-order valence-corrected chi connectivity index (χ2v) is 3.33. The molecule has 82 valence electrons. The molecule has 5 heteroatoms. The predicted octanol–water partition coefficient (Wildman–Crippen LogP) is 0.725. The van der Waals surface area contributed by atoms with Gasteiger partial charge in [0.05, 0.1) is 5.69 Å². The number of carbonyl (C=O) groups is 1. The Labute approximate surface area is 88.4 Å². The normalized spacial score (nSPS) is 10.9. The molecule has 1 rings (SSSR count). The van der Waals surface area contributed by atoms with Gasteiger partial charge >= 0.3 is 5.97 Å². The van der Waals surface area contributed by atoms with Crippen LogP contribution in [-0.4, -0.2) is 20.9 Å². The Bertz CT molecular complexity index is 394. The van der Waals surface area contributed by atoms with Gasteiger partial charge in [-0.3, -0.25) is 4.68 Å². The van der Waals surface area contributed by atoms with E-state index in [0.29, 0.717) is 6.54 Å². The molecule has 0 bridgehead atoms. The first-order valence-electron chi connectivity index (χ1n) is 4.64. The molecular weight excluding hydrogens is 194 g/mol. The van der Waals surface area contributed by atoms with Crippen LogP contribution in [0.5, 0.6) is 0 Å². The monoisotopic (exact) mass is 209 g/mol. The standard InChI is InChI=1S/C10H15N3O2/c1-7-9(8(2)13(3)12-7)6-11-5-4-10(14)15/h4-5,11H,6H2,1-3H3,(H,14,15)/b5-4+. The van der Waals surface area contributed by atoms with Crippen molar-refractivity contribution in [3.05, 3.63) is 29.2 Å². The van der Waals surface area contributed by atoms with Gasteiger partial charge in [0.25, 0.3) is 0 Å². The van der Waals surface area contributed by atoms with Gasteiger partial charge in [-0.2, -0.15) is 5.10 Å². The van der Waals surface area contributed by atoms with E-state index in [0.717, 1.165) is 23.0 Å². The van der Waals surface area contributed by atoms with Gasteiger partial charge in [-0.05, 0) is 13.8 Å². The first-order chi connectivity index (χ1) is 7.02. The SMILES string of the molecule is Cc1nn(C)c(C)c1CN/C=C/C(=O)O. The lowest BCUT2D eigenvalue weighted by Crippen LogP contribution is -2.07. The van der Waals surface area contributed by atoms with Crippen molar-refractivity contribution >= 4 is 5.97 Å². The fraction of sp³-hybridized carbons (Fsp3) is 0.400. The lowest BCUT2D eigenvalue weighted by atomic mass is 10.2. The van der Waals surface area contributed by atoms with Crippen molar-refractivity contribution in [2.24, 2.45) is 7.05 Å². The van der Waals surface area contributed by atoms with Crippen LogP contribution in [0.25, 0.3) is 0 Å². The third-order valence-electron chi connectivity index (χ3n) is 2.28. The van der Waals surface area contributed by atoms with Crippen LogP contribution < -0.4 is 5.32 Å². The molecule has 0 radical (unpaired) electrons. The maximum absolute atomic E-state index is 10.2. The summed E-state index contributed by atoms with van der Waals surface area (Å²) in [4.78, 5) is 10.2. The van der Waals surface area contributed by atoms with Gasteiger partial charge in [-0.25, -0.2) is 4.79 Å². The number of aliphatic carboxylic acids is 1. The Morgan fingerprint density at radius 3 is 2.73 bits per heavy atom. The van der Waals surface area contributed by atoms with Gasteiger partial charge in [0.1, 0.15) is 0 Å². The quantitative estimate of drug-likeness (QED) is 0.717. The summed E-state index contributed by atoms with van der Waals surface area (Å²) >= 11 is 0. The first-order valence-corrected chi connectivity index (χ1v) is 4.64. The minimum absolute atomic E-state index is 0.593. The molecule has 0 unspecified atom stereocenters. The maximum atomic E-state index is 10.2. The molecule has 0 aliphatic rings. The molecule has 1 aromatic heterocycles. The summed E-state index contributed by atoms with van der Waals surface area (Å²) < 4.78 is 1.81. The van der Waals surface area contributed by atoms with Gasteiger partial charge in [0.15, 0.2) is 0 Å². The van der Waals surface area contributed by atoms with Crippen molar-refractivity contribution < 1.29 is 9.90 Å². The average molecular weight is 209 g/mol. The molecular formula is C10H15N3O2. The highest BCUT2D eigenvalue weighted by Gasteiger charge is 2.07. The highest BCUT2D eigenvalue weighted by atomic mass is 16.4. The first kappa shape index (κ1) is 11.3. The van der Waals surface area contributed by atoms with E-state index >= 15 is 0 Å². The molecule has 0 aliphatic carbocycles. The lowest BCUT2D eigenvalue weighted by Gasteiger charge is -2.01. The molecule has 5 nitrogen and oxygen atoms in total. The van der Waals surface area contributed by atoms with Crippen molar-refractivity contribution in [2.75, 3.05) is 0 Å². The molecule has 0 spiro atoms. The van der Waals surface area contributed by atoms with Crippen molar-refractivity contribution in [1.29, 1.82) is 0 Å². The number of carboxylic acids is 1. The molecule has 15 heavy (non-hydrogen) atoms. The van der Waals surface area contributed by atoms with Gasteiger partial charge < -0.3 is 10.4 Å². The highest BCUT2D eigenvalue weighted by Crippen LogP contribution is 2.10. The van der Waals surface area contributed by atoms with Crippen LogP contribution in [0.2, 0.25) is 0 Å². The summed E-state index contributed by atoms with van der Waals surface area (Å²) in [5, 5.41) is 15.6. The molecule has 0 saturated carbocycles. The molecule has 1 heterocycles. The number of hydrogen-bond donors (Lipinski definition) is 2. The number of aryl methyl sites for hydroxylation is 2. The molecule has 0 aromatic carbocycles. The molecule has 2 N–H and O–H groups in total. The molecule has 0 amide bonds. The van der Waals surface area contributed by atoms with E-state index in [9.17, 15) is 4.79 Å². The zero-order valence-electron chi connectivity index (χ0n) is 9.11. The smallest absolute Gasteiger partial charge is 0.329 e. The fourth-order valence-corrected chi connectivity index (χ4v) is 1.36. The van der Waals surface area contributed by atoms with E-state index in [1.165, 1.54) is 6.20 Å². The number of carboxylic acid groups (broad SMARTS) is 1. The van der Waals surface area contributed by atoms with E-state index in [1.807, 2.05) is 25.6 Å². The number of hydrogen-bond acceptors (Lipinski definition) is 3. The van der Waals surface area contributed by atoms with Gasteiger partial charge in [0, 0.05) is 37.1 Å². The number of aromatic nitrogens is 2. The summed E-state index contributed by atoms with van der Waals surface area (Å²) in [7, 11) is 1.89. The summed E-state index contributed by atoms with van der Waals surface area (Å²) in [5.41, 5.74) is 3.16. The maximum Gasteiger partial charge on any atom is 0.329 e. The van der Waals surface area contributed by atoms with Gasteiger partial charge in [-0.15, -0.1) is 0 Å². The van der Waals surface area contributed by atoms with Crippen molar-refractivity contribution in [1.82, 2.24) is 15.1 Å². The van der Waals surface area contributed by atoms with Crippen molar-refractivity contribution in [2.45, 2.75) is 20.4 Å². The third-order valence-corrected chi connectivity index (χ3v) is 2.28. The zero-order valence-corrected chi connectivity index (χ0v) is 9.11. The van der Waals surface area contributed by atoms with Crippen LogP contribution in [-0.2, 0) is 18.4 Å². The Hall–Kier alpha value is -1.78. The molecule has 0 saturated heterocycles. The van der Waals surface area contributed by atoms with E-state index < -0.39 is 5.97 Å². The molecule has 0 fully saturated rings. The highest BCUT2D eigenvalue weighted by molar-refractivity contribution is 5.79. The van der Waals surface area contributed by atoms with Crippen LogP contribution >= 0.6 is 0 Å². The van der Waals surface area contributed by atoms with E-state index in [4.69, 9.17) is 5.11 Å². The summed E-state index contributed by atoms with van der Waals surface area (Å²) in [5.74, 6) is -0.956. The molecule has 0 atom stereocenters. The Kier molecular flexibility index (Phi) is 3.49. The Balaban J connectivity index is 2.61. The second kappa shape index (κ2) is 4.63. The summed E-state index contributed by atoms with van der Waals surface area (Å²) in [6.45, 7) is 4.51. The van der Waals surface area contributed by atoms with Crippen LogP contribution in [0.1, 0.15) is 17.0 Å². The minimum Gasteiger partial charge on any atom is -0.478 e. The Morgan fingerprint density at radius 2 is 2.27 bits per heavy atom. The van der Waals surface area contributed by atoms with Crippen LogP contribution in [0.15, 0.2) is 12.3 Å². The lowest BCUT2D eigenvalue weighted by molar-refractivity contribution is -0.131. The summed E-state index contributed by atoms with van der Waals surface area (Å²) in [6, 6.07) is 0. The van der Waals surface area contributed by atoms with Crippen LogP contribution in [0, 0.1) is 13.8 Å². The Morgan fingerprint density at radius 1 is 1.60 bits per heavy atom. The van der Waals surface area contributed by atoms with E-state index in [2.05, 4.69) is 10.4 Å². The minimum atomic E-state index is -0.956. The van der Waals surface area contributed by atoms with E-state index in [1.54, 1.807) is 0 Å². The molecule has 0 aliphatic heterocycles. The largest absolute Gasteiger partial charge is 0.478 e. The predicted molar refractivity (Wildman–Crippen MR) is 56.3 cm³/mol. The zero-order chi connectivity index (χ0) is 11.4. The van der Waals surface area contributed by atoms with Crippen molar-refractivity contribution in [3.63, 3.8) is 0 Å². The van der Waals surface area contributed by atoms with E-state index in [-0.39, 0.29) is 0 Å². The van der Waals surface area contributed by atoms with Crippen LogP contribution in [0.4, 0.5) is 0 Å². The van der Waals surface area contributed by atoms with Crippen LogP contribution in [0.3, 0.4) is 0 Å². The van der Waals surface area contributed by atoms with Gasteiger partial charge in [0.2, 0.25) is 0 Å².